The molecule has 0 aliphatic heterocycles. The Morgan fingerprint density at radius 2 is 1.76 bits per heavy atom. The van der Waals surface area contributed by atoms with Gasteiger partial charge in [-0.3, -0.25) is 9.59 Å². The van der Waals surface area contributed by atoms with Gasteiger partial charge in [0.2, 0.25) is 11.8 Å². The molecule has 0 bridgehead atoms. The van der Waals surface area contributed by atoms with Gasteiger partial charge in [-0.05, 0) is 36.2 Å². The van der Waals surface area contributed by atoms with Crippen LogP contribution in [0.1, 0.15) is 22.8 Å². The number of hydrogen-bond acceptors (Lipinski definition) is 7. The molecule has 2 aromatic carbocycles. The summed E-state index contributed by atoms with van der Waals surface area (Å²) < 4.78 is 5.10. The zero-order valence-corrected chi connectivity index (χ0v) is 19.5. The summed E-state index contributed by atoms with van der Waals surface area (Å²) in [5.74, 6) is -1.43. The zero-order valence-electron chi connectivity index (χ0n) is 17.8. The third kappa shape index (κ3) is 6.94. The molecule has 8 nitrogen and oxygen atoms in total. The van der Waals surface area contributed by atoms with E-state index in [2.05, 4.69) is 10.6 Å². The normalized spacial score (nSPS) is 10.7. The number of carbonyl (C=O) groups excluding carboxylic acids is 3. The molecule has 0 saturated carbocycles. The van der Waals surface area contributed by atoms with Crippen LogP contribution in [-0.4, -0.2) is 40.7 Å². The lowest BCUT2D eigenvalue weighted by atomic mass is 10.1. The molecule has 2 amide bonds. The van der Waals surface area contributed by atoms with Gasteiger partial charge in [0.25, 0.3) is 0 Å². The molecule has 10 heteroatoms. The van der Waals surface area contributed by atoms with Crippen LogP contribution < -0.4 is 15.9 Å². The summed E-state index contributed by atoms with van der Waals surface area (Å²) in [4.78, 5) is 56.4. The van der Waals surface area contributed by atoms with Crippen molar-refractivity contribution in [3.63, 3.8) is 0 Å². The molecule has 0 unspecified atom stereocenters. The van der Waals surface area contributed by atoms with Crippen LogP contribution in [0.2, 0.25) is 0 Å². The molecule has 0 saturated heterocycles. The van der Waals surface area contributed by atoms with E-state index in [1.165, 1.54) is 17.4 Å². The number of esters is 1. The number of amides is 2. The molecule has 0 aliphatic rings. The van der Waals surface area contributed by atoms with Gasteiger partial charge in [-0.15, -0.1) is 11.3 Å². The Hall–Kier alpha value is -3.10. The summed E-state index contributed by atoms with van der Waals surface area (Å²) in [7, 11) is -2.24. The summed E-state index contributed by atoms with van der Waals surface area (Å²) in [5, 5.41) is 5.90. The molecule has 33 heavy (non-hydrogen) atoms. The van der Waals surface area contributed by atoms with E-state index in [4.69, 9.17) is 4.74 Å². The lowest BCUT2D eigenvalue weighted by molar-refractivity contribution is -0.123. The van der Waals surface area contributed by atoms with Crippen molar-refractivity contribution in [3.05, 3.63) is 71.8 Å². The predicted molar refractivity (Wildman–Crippen MR) is 128 cm³/mol. The standard InChI is InChI=1S/C23H23N2O6PS/c1-2-31-23(28)18-13-19(16-8-4-3-5-9-16)33-22(18)25-21(27)14-24-20(26)12-15-7-6-10-17(11-15)32(29)30/h3-11,13,29-30H,2,12,14H2,1H3,(H,24,26)(H,25,27). The first-order chi connectivity index (χ1) is 15.9. The summed E-state index contributed by atoms with van der Waals surface area (Å²) in [6.45, 7) is 1.62. The molecule has 3 rings (SSSR count). The van der Waals surface area contributed by atoms with Crippen LogP contribution in [-0.2, 0) is 20.7 Å². The van der Waals surface area contributed by atoms with Crippen LogP contribution in [0.5, 0.6) is 0 Å². The minimum Gasteiger partial charge on any atom is -0.462 e. The van der Waals surface area contributed by atoms with Crippen LogP contribution in [0.3, 0.4) is 0 Å². The molecule has 1 aromatic heterocycles. The maximum absolute atomic E-state index is 12.5. The van der Waals surface area contributed by atoms with Gasteiger partial charge in [-0.2, -0.15) is 0 Å². The van der Waals surface area contributed by atoms with Crippen LogP contribution >= 0.6 is 19.7 Å². The topological polar surface area (TPSA) is 125 Å². The monoisotopic (exact) mass is 486 g/mol. The highest BCUT2D eigenvalue weighted by Gasteiger charge is 2.20. The van der Waals surface area contributed by atoms with E-state index < -0.39 is 26.2 Å². The fourth-order valence-electron chi connectivity index (χ4n) is 2.98. The third-order valence-corrected chi connectivity index (χ3v) is 6.33. The molecule has 172 valence electrons. The molecule has 3 aromatic rings. The predicted octanol–water partition coefficient (Wildman–Crippen LogP) is 2.81. The van der Waals surface area contributed by atoms with Crippen molar-refractivity contribution < 1.29 is 28.9 Å². The Bertz CT molecular complexity index is 1130. The van der Waals surface area contributed by atoms with E-state index in [0.717, 1.165) is 10.4 Å². The Morgan fingerprint density at radius 3 is 2.45 bits per heavy atom. The number of benzene rings is 2. The highest BCUT2D eigenvalue weighted by molar-refractivity contribution is 7.54. The molecular weight excluding hydrogens is 463 g/mol. The quantitative estimate of drug-likeness (QED) is 0.272. The highest BCUT2D eigenvalue weighted by Crippen LogP contribution is 2.35. The van der Waals surface area contributed by atoms with Gasteiger partial charge in [-0.25, -0.2) is 4.79 Å². The van der Waals surface area contributed by atoms with E-state index in [-0.39, 0.29) is 25.1 Å². The van der Waals surface area contributed by atoms with Gasteiger partial charge < -0.3 is 25.2 Å². The van der Waals surface area contributed by atoms with Crippen LogP contribution in [0.25, 0.3) is 10.4 Å². The molecule has 0 fully saturated rings. The smallest absolute Gasteiger partial charge is 0.341 e. The minimum atomic E-state index is -2.24. The van der Waals surface area contributed by atoms with E-state index in [9.17, 15) is 24.2 Å². The third-order valence-electron chi connectivity index (χ3n) is 4.49. The van der Waals surface area contributed by atoms with E-state index in [1.807, 2.05) is 30.3 Å². The van der Waals surface area contributed by atoms with Gasteiger partial charge >= 0.3 is 5.97 Å². The number of rotatable bonds is 9. The Morgan fingerprint density at radius 1 is 1.00 bits per heavy atom. The number of ether oxygens (including phenoxy) is 1. The number of nitrogens with one attached hydrogen (secondary N) is 2. The highest BCUT2D eigenvalue weighted by atomic mass is 32.1. The van der Waals surface area contributed by atoms with E-state index in [0.29, 0.717) is 15.9 Å². The number of thiophene rings is 1. The summed E-state index contributed by atoms with van der Waals surface area (Å²) in [5.41, 5.74) is 1.75. The van der Waals surface area contributed by atoms with Crippen LogP contribution in [0.15, 0.2) is 60.7 Å². The largest absolute Gasteiger partial charge is 0.462 e. The van der Waals surface area contributed by atoms with Crippen molar-refractivity contribution in [2.45, 2.75) is 13.3 Å². The number of carbonyl (C=O) groups is 3. The van der Waals surface area contributed by atoms with Crippen LogP contribution in [0.4, 0.5) is 5.00 Å². The number of hydrogen-bond donors (Lipinski definition) is 4. The first-order valence-electron chi connectivity index (χ1n) is 10.1. The molecule has 4 N–H and O–H groups in total. The van der Waals surface area contributed by atoms with Gasteiger partial charge in [0, 0.05) is 10.2 Å². The Kier molecular flexibility index (Phi) is 8.68. The van der Waals surface area contributed by atoms with Crippen molar-refractivity contribution in [2.24, 2.45) is 0 Å². The van der Waals surface area contributed by atoms with E-state index in [1.54, 1.807) is 31.2 Å². The first kappa shape index (κ1) is 24.5. The Balaban J connectivity index is 1.64. The second-order valence-electron chi connectivity index (χ2n) is 6.90. The molecule has 1 heterocycles. The lowest BCUT2D eigenvalue weighted by Crippen LogP contribution is -2.34. The van der Waals surface area contributed by atoms with Crippen molar-refractivity contribution in [1.82, 2.24) is 5.32 Å². The summed E-state index contributed by atoms with van der Waals surface area (Å²) in [6.07, 6.45) is -0.0183. The molecule has 0 aliphatic carbocycles. The molecule has 0 spiro atoms. The van der Waals surface area contributed by atoms with Crippen molar-refractivity contribution in [3.8, 4) is 10.4 Å². The maximum Gasteiger partial charge on any atom is 0.341 e. The Labute approximate surface area is 196 Å². The average molecular weight is 486 g/mol. The minimum absolute atomic E-state index is 0.0183. The van der Waals surface area contributed by atoms with E-state index >= 15 is 0 Å². The van der Waals surface area contributed by atoms with Crippen molar-refractivity contribution in [2.75, 3.05) is 18.5 Å². The molecule has 0 atom stereocenters. The van der Waals surface area contributed by atoms with Crippen LogP contribution in [0, 0.1) is 0 Å². The van der Waals surface area contributed by atoms with Crippen molar-refractivity contribution >= 4 is 47.8 Å². The SMILES string of the molecule is CCOC(=O)c1cc(-c2ccccc2)sc1NC(=O)CNC(=O)Cc1cccc(P(O)O)c1. The fourth-order valence-corrected chi connectivity index (χ4v) is 4.55. The van der Waals surface area contributed by atoms with Gasteiger partial charge in [-0.1, -0.05) is 42.5 Å². The van der Waals surface area contributed by atoms with Gasteiger partial charge in [0.05, 0.1) is 25.1 Å². The summed E-state index contributed by atoms with van der Waals surface area (Å²) >= 11 is 1.25. The van der Waals surface area contributed by atoms with Gasteiger partial charge in [0.1, 0.15) is 5.00 Å². The molecule has 0 radical (unpaired) electrons. The zero-order chi connectivity index (χ0) is 23.8. The summed E-state index contributed by atoms with van der Waals surface area (Å²) in [6, 6.07) is 17.5. The van der Waals surface area contributed by atoms with Crippen molar-refractivity contribution in [1.29, 1.82) is 0 Å². The second-order valence-corrected chi connectivity index (χ2v) is 9.05. The molecular formula is C23H23N2O6PS. The second kappa shape index (κ2) is 11.7. The lowest BCUT2D eigenvalue weighted by Gasteiger charge is -2.08. The number of anilines is 1. The average Bonchev–Trinajstić information content (AvgIpc) is 3.22. The fraction of sp³-hybridized carbons (Fsp3) is 0.174. The van der Waals surface area contributed by atoms with Gasteiger partial charge in [0.15, 0.2) is 8.38 Å². The maximum atomic E-state index is 12.5. The first-order valence-corrected chi connectivity index (χ1v) is 12.1.